The first-order chi connectivity index (χ1) is 10.2. The van der Waals surface area contributed by atoms with Gasteiger partial charge in [-0.25, -0.2) is 0 Å². The summed E-state index contributed by atoms with van der Waals surface area (Å²) in [5, 5.41) is 19.2. The molecular weight excluding hydrogens is 302 g/mol. The van der Waals surface area contributed by atoms with Crippen molar-refractivity contribution >= 4 is 23.1 Å². The van der Waals surface area contributed by atoms with Gasteiger partial charge in [-0.15, -0.1) is 10.2 Å². The van der Waals surface area contributed by atoms with E-state index in [0.717, 1.165) is 35.4 Å². The van der Waals surface area contributed by atoms with Crippen LogP contribution >= 0.6 is 23.1 Å². The summed E-state index contributed by atoms with van der Waals surface area (Å²) in [4.78, 5) is 2.33. The van der Waals surface area contributed by atoms with E-state index >= 15 is 0 Å². The minimum Gasteiger partial charge on any atom is -0.391 e. The van der Waals surface area contributed by atoms with Crippen molar-refractivity contribution in [3.05, 3.63) is 40.4 Å². The molecule has 3 rings (SSSR count). The van der Waals surface area contributed by atoms with Crippen molar-refractivity contribution in [2.24, 2.45) is 0 Å². The lowest BCUT2D eigenvalue weighted by atomic mass is 10.00. The topological polar surface area (TPSA) is 49.3 Å². The first-order valence-electron chi connectivity index (χ1n) is 7.11. The Morgan fingerprint density at radius 3 is 2.90 bits per heavy atom. The number of thioether (sulfide) groups is 1. The molecule has 0 spiro atoms. The molecule has 1 aliphatic heterocycles. The lowest BCUT2D eigenvalue weighted by Gasteiger charge is -2.30. The van der Waals surface area contributed by atoms with E-state index in [-0.39, 0.29) is 6.10 Å². The van der Waals surface area contributed by atoms with Crippen LogP contribution in [-0.4, -0.2) is 45.2 Å². The number of aliphatic hydroxyl groups excluding tert-OH is 1. The molecule has 0 amide bonds. The molecule has 21 heavy (non-hydrogen) atoms. The van der Waals surface area contributed by atoms with Crippen LogP contribution in [0.5, 0.6) is 0 Å². The SMILES string of the molecule is Cc1nnc(SCC(O)CN2CCc3ccccc3C2)s1. The summed E-state index contributed by atoms with van der Waals surface area (Å²) in [6.45, 7) is 4.63. The van der Waals surface area contributed by atoms with Gasteiger partial charge in [-0.1, -0.05) is 47.4 Å². The molecule has 4 nitrogen and oxygen atoms in total. The van der Waals surface area contributed by atoms with Crippen LogP contribution in [0.25, 0.3) is 0 Å². The van der Waals surface area contributed by atoms with Crippen LogP contribution in [0.15, 0.2) is 28.6 Å². The number of hydrogen-bond acceptors (Lipinski definition) is 6. The number of β-amino-alcohol motifs (C(OH)–C–C–N with tert-alkyl or cyclic N) is 1. The van der Waals surface area contributed by atoms with Crippen LogP contribution < -0.4 is 0 Å². The summed E-state index contributed by atoms with van der Waals surface area (Å²) in [6, 6.07) is 8.58. The maximum atomic E-state index is 10.2. The van der Waals surface area contributed by atoms with Crippen molar-refractivity contribution in [1.82, 2.24) is 15.1 Å². The Kier molecular flexibility index (Phi) is 4.90. The van der Waals surface area contributed by atoms with E-state index in [1.165, 1.54) is 11.1 Å². The molecule has 0 saturated heterocycles. The van der Waals surface area contributed by atoms with Crippen molar-refractivity contribution < 1.29 is 5.11 Å². The fraction of sp³-hybridized carbons (Fsp3) is 0.467. The number of fused-ring (bicyclic) bond motifs is 1. The molecule has 0 saturated carbocycles. The molecule has 0 aliphatic carbocycles. The molecule has 2 heterocycles. The van der Waals surface area contributed by atoms with E-state index in [0.29, 0.717) is 5.75 Å². The highest BCUT2D eigenvalue weighted by molar-refractivity contribution is 8.01. The van der Waals surface area contributed by atoms with Crippen molar-refractivity contribution in [2.45, 2.75) is 30.3 Å². The summed E-state index contributed by atoms with van der Waals surface area (Å²) in [5.41, 5.74) is 2.84. The van der Waals surface area contributed by atoms with Gasteiger partial charge in [0, 0.05) is 25.4 Å². The highest BCUT2D eigenvalue weighted by atomic mass is 32.2. The van der Waals surface area contributed by atoms with E-state index in [9.17, 15) is 5.11 Å². The molecule has 2 aromatic rings. The molecule has 1 atom stereocenters. The van der Waals surface area contributed by atoms with E-state index in [1.807, 2.05) is 6.92 Å². The fourth-order valence-electron chi connectivity index (χ4n) is 2.56. The van der Waals surface area contributed by atoms with E-state index in [4.69, 9.17) is 0 Å². The molecular formula is C15H19N3OS2. The normalized spacial score (nSPS) is 16.7. The number of benzene rings is 1. The molecule has 1 aliphatic rings. The largest absolute Gasteiger partial charge is 0.391 e. The Bertz CT molecular complexity index is 602. The molecule has 1 unspecified atom stereocenters. The lowest BCUT2D eigenvalue weighted by molar-refractivity contribution is 0.122. The maximum absolute atomic E-state index is 10.2. The Morgan fingerprint density at radius 2 is 2.14 bits per heavy atom. The Morgan fingerprint density at radius 1 is 1.33 bits per heavy atom. The minimum atomic E-state index is -0.329. The zero-order chi connectivity index (χ0) is 14.7. The zero-order valence-electron chi connectivity index (χ0n) is 12.0. The second kappa shape index (κ2) is 6.87. The number of hydrogen-bond donors (Lipinski definition) is 1. The van der Waals surface area contributed by atoms with Gasteiger partial charge in [0.15, 0.2) is 4.34 Å². The van der Waals surface area contributed by atoms with Crippen molar-refractivity contribution in [1.29, 1.82) is 0 Å². The molecule has 1 N–H and O–H groups in total. The number of nitrogens with zero attached hydrogens (tertiary/aromatic N) is 3. The van der Waals surface area contributed by atoms with Gasteiger partial charge < -0.3 is 5.11 Å². The van der Waals surface area contributed by atoms with Gasteiger partial charge in [-0.3, -0.25) is 4.90 Å². The average Bonchev–Trinajstić information content (AvgIpc) is 2.91. The molecule has 0 bridgehead atoms. The Balaban J connectivity index is 1.48. The standard InChI is InChI=1S/C15H19N3OS2/c1-11-16-17-15(21-11)20-10-14(19)9-18-7-6-12-4-2-3-5-13(12)8-18/h2-5,14,19H,6-10H2,1H3. The van der Waals surface area contributed by atoms with Crippen molar-refractivity contribution in [2.75, 3.05) is 18.8 Å². The molecule has 0 fully saturated rings. The summed E-state index contributed by atoms with van der Waals surface area (Å²) in [5.74, 6) is 0.673. The molecule has 1 aromatic carbocycles. The second-order valence-corrected chi connectivity index (χ2v) is 7.75. The van der Waals surface area contributed by atoms with Crippen molar-refractivity contribution in [3.63, 3.8) is 0 Å². The predicted octanol–water partition coefficient (Wildman–Crippen LogP) is 2.36. The Hall–Kier alpha value is -0.950. The van der Waals surface area contributed by atoms with E-state index in [1.54, 1.807) is 23.1 Å². The molecule has 112 valence electrons. The lowest BCUT2D eigenvalue weighted by Crippen LogP contribution is -2.37. The highest BCUT2D eigenvalue weighted by Gasteiger charge is 2.18. The first-order valence-corrected chi connectivity index (χ1v) is 8.91. The van der Waals surface area contributed by atoms with Crippen LogP contribution in [0.4, 0.5) is 0 Å². The summed E-state index contributed by atoms with van der Waals surface area (Å²) < 4.78 is 0.940. The number of aromatic nitrogens is 2. The summed E-state index contributed by atoms with van der Waals surface area (Å²) >= 11 is 3.17. The molecule has 0 radical (unpaired) electrons. The van der Waals surface area contributed by atoms with Gasteiger partial charge in [-0.2, -0.15) is 0 Å². The van der Waals surface area contributed by atoms with Crippen LogP contribution in [0.1, 0.15) is 16.1 Å². The van der Waals surface area contributed by atoms with Gasteiger partial charge in [0.2, 0.25) is 0 Å². The van der Waals surface area contributed by atoms with Gasteiger partial charge in [-0.05, 0) is 24.5 Å². The van der Waals surface area contributed by atoms with E-state index in [2.05, 4.69) is 39.4 Å². The van der Waals surface area contributed by atoms with Crippen LogP contribution in [0.3, 0.4) is 0 Å². The quantitative estimate of drug-likeness (QED) is 0.857. The first kappa shape index (κ1) is 15.0. The third-order valence-corrected chi connectivity index (χ3v) is 5.70. The highest BCUT2D eigenvalue weighted by Crippen LogP contribution is 2.23. The minimum absolute atomic E-state index is 0.329. The predicted molar refractivity (Wildman–Crippen MR) is 86.8 cm³/mol. The molecule has 1 aromatic heterocycles. The van der Waals surface area contributed by atoms with Gasteiger partial charge >= 0.3 is 0 Å². The van der Waals surface area contributed by atoms with Gasteiger partial charge in [0.1, 0.15) is 5.01 Å². The van der Waals surface area contributed by atoms with Gasteiger partial charge in [0.25, 0.3) is 0 Å². The van der Waals surface area contributed by atoms with E-state index < -0.39 is 0 Å². The smallest absolute Gasteiger partial charge is 0.174 e. The monoisotopic (exact) mass is 321 g/mol. The average molecular weight is 321 g/mol. The summed E-state index contributed by atoms with van der Waals surface area (Å²) in [6.07, 6.45) is 0.746. The Labute approximate surface area is 133 Å². The summed E-state index contributed by atoms with van der Waals surface area (Å²) in [7, 11) is 0. The van der Waals surface area contributed by atoms with Crippen molar-refractivity contribution in [3.8, 4) is 0 Å². The van der Waals surface area contributed by atoms with Crippen LogP contribution in [-0.2, 0) is 13.0 Å². The van der Waals surface area contributed by atoms with Crippen LogP contribution in [0, 0.1) is 6.92 Å². The zero-order valence-corrected chi connectivity index (χ0v) is 13.7. The third-order valence-electron chi connectivity index (χ3n) is 3.59. The fourth-order valence-corrected chi connectivity index (χ4v) is 4.32. The number of aryl methyl sites for hydroxylation is 1. The van der Waals surface area contributed by atoms with Crippen LogP contribution in [0.2, 0.25) is 0 Å². The number of aliphatic hydroxyl groups is 1. The maximum Gasteiger partial charge on any atom is 0.174 e. The molecule has 6 heteroatoms. The third kappa shape index (κ3) is 4.03. The number of rotatable bonds is 5. The van der Waals surface area contributed by atoms with Gasteiger partial charge in [0.05, 0.1) is 6.10 Å². The second-order valence-electron chi connectivity index (χ2n) is 5.31.